The van der Waals surface area contributed by atoms with Gasteiger partial charge in [-0.15, -0.1) is 11.3 Å². The summed E-state index contributed by atoms with van der Waals surface area (Å²) in [6.45, 7) is 13.0. The van der Waals surface area contributed by atoms with E-state index in [1.165, 1.54) is 0 Å². The SMILES string of the molecule is C=C(C=C(C)C(=C)C(=O)N1CCC[C@@H]1CO)NC(=O)C(C)(C)NC(=O)c1ccc(Cl)s1. The van der Waals surface area contributed by atoms with Crippen LogP contribution in [0.1, 0.15) is 43.3 Å². The fraction of sp³-hybridized carbons (Fsp3) is 0.409. The zero-order valence-electron chi connectivity index (χ0n) is 18.0. The Morgan fingerprint density at radius 1 is 1.35 bits per heavy atom. The number of hydrogen-bond donors (Lipinski definition) is 3. The molecule has 0 saturated carbocycles. The lowest BCUT2D eigenvalue weighted by molar-refractivity contribution is -0.128. The third-order valence-electron chi connectivity index (χ3n) is 5.04. The van der Waals surface area contributed by atoms with Gasteiger partial charge in [0.05, 0.1) is 21.9 Å². The number of amides is 3. The van der Waals surface area contributed by atoms with Crippen molar-refractivity contribution >= 4 is 40.7 Å². The Morgan fingerprint density at radius 3 is 2.61 bits per heavy atom. The average molecular weight is 466 g/mol. The number of carbonyl (C=O) groups is 3. The van der Waals surface area contributed by atoms with E-state index in [4.69, 9.17) is 11.6 Å². The van der Waals surface area contributed by atoms with Gasteiger partial charge in [-0.2, -0.15) is 0 Å². The van der Waals surface area contributed by atoms with Crippen LogP contribution in [-0.4, -0.2) is 52.5 Å². The molecule has 3 N–H and O–H groups in total. The van der Waals surface area contributed by atoms with Gasteiger partial charge in [0.25, 0.3) is 11.8 Å². The van der Waals surface area contributed by atoms with Gasteiger partial charge in [0.2, 0.25) is 5.91 Å². The standard InChI is InChI=1S/C22H28ClN3O4S/c1-13(15(3)20(29)26-10-6-7-16(26)12-27)11-14(2)24-21(30)22(4,5)25-19(28)17-8-9-18(23)31-17/h8-9,11,16,27H,2-3,6-7,10,12H2,1,4-5H3,(H,24,30)(H,25,28)/t16-/m1/s1. The first kappa shape index (κ1) is 24.8. The molecule has 1 atom stereocenters. The van der Waals surface area contributed by atoms with E-state index in [0.29, 0.717) is 21.3 Å². The first-order chi connectivity index (χ1) is 14.5. The molecule has 1 aliphatic rings. The number of aliphatic hydroxyl groups is 1. The maximum absolute atomic E-state index is 12.7. The number of nitrogens with zero attached hydrogens (tertiary/aromatic N) is 1. The normalized spacial score (nSPS) is 16.7. The molecule has 1 saturated heterocycles. The van der Waals surface area contributed by atoms with Crippen molar-refractivity contribution in [1.82, 2.24) is 15.5 Å². The van der Waals surface area contributed by atoms with Crippen molar-refractivity contribution in [3.05, 3.63) is 57.4 Å². The van der Waals surface area contributed by atoms with Crippen molar-refractivity contribution in [3.8, 4) is 0 Å². The lowest BCUT2D eigenvalue weighted by Gasteiger charge is -2.25. The fourth-order valence-electron chi connectivity index (χ4n) is 3.16. The minimum Gasteiger partial charge on any atom is -0.394 e. The van der Waals surface area contributed by atoms with Gasteiger partial charge in [0.1, 0.15) is 5.54 Å². The molecule has 1 aliphatic heterocycles. The van der Waals surface area contributed by atoms with Crippen LogP contribution in [0.2, 0.25) is 4.34 Å². The van der Waals surface area contributed by atoms with Crippen molar-refractivity contribution in [2.75, 3.05) is 13.2 Å². The Labute approximate surface area is 191 Å². The van der Waals surface area contributed by atoms with E-state index in [2.05, 4.69) is 23.8 Å². The van der Waals surface area contributed by atoms with Crippen LogP contribution < -0.4 is 10.6 Å². The summed E-state index contributed by atoms with van der Waals surface area (Å²) in [5.74, 6) is -1.11. The van der Waals surface area contributed by atoms with Crippen LogP contribution >= 0.6 is 22.9 Å². The van der Waals surface area contributed by atoms with Crippen LogP contribution in [0.5, 0.6) is 0 Å². The van der Waals surface area contributed by atoms with E-state index in [-0.39, 0.29) is 29.8 Å². The molecule has 1 aromatic rings. The molecular formula is C22H28ClN3O4S. The monoisotopic (exact) mass is 465 g/mol. The van der Waals surface area contributed by atoms with E-state index in [1.54, 1.807) is 43.9 Å². The zero-order valence-corrected chi connectivity index (χ0v) is 19.5. The Morgan fingerprint density at radius 2 is 2.03 bits per heavy atom. The van der Waals surface area contributed by atoms with E-state index < -0.39 is 17.4 Å². The average Bonchev–Trinajstić information content (AvgIpc) is 3.34. The van der Waals surface area contributed by atoms with E-state index >= 15 is 0 Å². The van der Waals surface area contributed by atoms with Crippen LogP contribution in [-0.2, 0) is 9.59 Å². The summed E-state index contributed by atoms with van der Waals surface area (Å²) in [6, 6.07) is 3.01. The highest BCUT2D eigenvalue weighted by Gasteiger charge is 2.31. The molecular weight excluding hydrogens is 438 g/mol. The van der Waals surface area contributed by atoms with Gasteiger partial charge in [-0.05, 0) is 57.4 Å². The zero-order chi connectivity index (χ0) is 23.3. The predicted octanol–water partition coefficient (Wildman–Crippen LogP) is 3.03. The van der Waals surface area contributed by atoms with Crippen LogP contribution in [0.3, 0.4) is 0 Å². The Bertz CT molecular complexity index is 935. The molecule has 7 nitrogen and oxygen atoms in total. The summed E-state index contributed by atoms with van der Waals surface area (Å²) in [7, 11) is 0. The van der Waals surface area contributed by atoms with Crippen molar-refractivity contribution < 1.29 is 19.5 Å². The summed E-state index contributed by atoms with van der Waals surface area (Å²) in [6.07, 6.45) is 3.16. The largest absolute Gasteiger partial charge is 0.394 e. The summed E-state index contributed by atoms with van der Waals surface area (Å²) in [5.41, 5.74) is -0.125. The second kappa shape index (κ2) is 10.3. The predicted molar refractivity (Wildman–Crippen MR) is 123 cm³/mol. The molecule has 0 aliphatic carbocycles. The number of aliphatic hydroxyl groups excluding tert-OH is 1. The fourth-order valence-corrected chi connectivity index (χ4v) is 4.10. The molecule has 9 heteroatoms. The van der Waals surface area contributed by atoms with Gasteiger partial charge in [-0.1, -0.05) is 24.8 Å². The molecule has 0 bridgehead atoms. The number of thiophene rings is 1. The summed E-state index contributed by atoms with van der Waals surface area (Å²) >= 11 is 6.98. The number of halogens is 1. The molecule has 0 unspecified atom stereocenters. The molecule has 1 aromatic heterocycles. The number of likely N-dealkylation sites (tertiary alicyclic amines) is 1. The Balaban J connectivity index is 1.98. The maximum Gasteiger partial charge on any atom is 0.262 e. The smallest absolute Gasteiger partial charge is 0.262 e. The molecule has 0 aromatic carbocycles. The first-order valence-electron chi connectivity index (χ1n) is 9.84. The van der Waals surface area contributed by atoms with Crippen molar-refractivity contribution in [1.29, 1.82) is 0 Å². The number of allylic oxidation sites excluding steroid dienone is 1. The minimum atomic E-state index is -1.21. The second-order valence-corrected chi connectivity index (χ2v) is 9.66. The van der Waals surface area contributed by atoms with E-state index in [0.717, 1.165) is 24.2 Å². The van der Waals surface area contributed by atoms with E-state index in [9.17, 15) is 19.5 Å². The quantitative estimate of drug-likeness (QED) is 0.406. The molecule has 0 spiro atoms. The van der Waals surface area contributed by atoms with E-state index in [1.807, 2.05) is 0 Å². The van der Waals surface area contributed by atoms with Crippen LogP contribution in [0.15, 0.2) is 48.2 Å². The van der Waals surface area contributed by atoms with Crippen LogP contribution in [0, 0.1) is 0 Å². The lowest BCUT2D eigenvalue weighted by Crippen LogP contribution is -2.54. The van der Waals surface area contributed by atoms with Crippen LogP contribution in [0.4, 0.5) is 0 Å². The van der Waals surface area contributed by atoms with Gasteiger partial charge in [0.15, 0.2) is 0 Å². The van der Waals surface area contributed by atoms with Crippen molar-refractivity contribution in [3.63, 3.8) is 0 Å². The third-order valence-corrected chi connectivity index (χ3v) is 6.27. The van der Waals surface area contributed by atoms with Gasteiger partial charge in [0, 0.05) is 17.8 Å². The molecule has 3 amide bonds. The molecule has 2 heterocycles. The highest BCUT2D eigenvalue weighted by atomic mass is 35.5. The third kappa shape index (κ3) is 6.29. The van der Waals surface area contributed by atoms with Gasteiger partial charge >= 0.3 is 0 Å². The second-order valence-electron chi connectivity index (χ2n) is 7.95. The Kier molecular flexibility index (Phi) is 8.22. The number of hydrogen-bond acceptors (Lipinski definition) is 5. The molecule has 0 radical (unpaired) electrons. The number of nitrogens with one attached hydrogen (secondary N) is 2. The van der Waals surface area contributed by atoms with Crippen molar-refractivity contribution in [2.45, 2.75) is 45.2 Å². The summed E-state index contributed by atoms with van der Waals surface area (Å²) in [4.78, 5) is 39.7. The summed E-state index contributed by atoms with van der Waals surface area (Å²) < 4.78 is 0.482. The molecule has 2 rings (SSSR count). The summed E-state index contributed by atoms with van der Waals surface area (Å²) in [5, 5.41) is 14.7. The van der Waals surface area contributed by atoms with Crippen molar-refractivity contribution in [2.24, 2.45) is 0 Å². The Hall–Kier alpha value is -2.42. The lowest BCUT2D eigenvalue weighted by atomic mass is 10.0. The molecule has 168 valence electrons. The van der Waals surface area contributed by atoms with Gasteiger partial charge in [-0.3, -0.25) is 14.4 Å². The first-order valence-corrected chi connectivity index (χ1v) is 11.0. The number of carbonyl (C=O) groups excluding carboxylic acids is 3. The topological polar surface area (TPSA) is 98.7 Å². The van der Waals surface area contributed by atoms with Gasteiger partial charge < -0.3 is 20.6 Å². The highest BCUT2D eigenvalue weighted by molar-refractivity contribution is 7.18. The van der Waals surface area contributed by atoms with Crippen LogP contribution in [0.25, 0.3) is 0 Å². The van der Waals surface area contributed by atoms with Gasteiger partial charge in [-0.25, -0.2) is 0 Å². The maximum atomic E-state index is 12.7. The minimum absolute atomic E-state index is 0.0803. The molecule has 31 heavy (non-hydrogen) atoms. The number of rotatable bonds is 8. The molecule has 1 fully saturated rings. The highest BCUT2D eigenvalue weighted by Crippen LogP contribution is 2.23.